The van der Waals surface area contributed by atoms with Gasteiger partial charge < -0.3 is 24.1 Å². The SMILES string of the molecule is C=CC(=O)OCCCCCOCC(O)COC(=O)COc1ccc2sc3ccccc3c(=O)c2c1. The van der Waals surface area contributed by atoms with Gasteiger partial charge in [-0.15, -0.1) is 11.3 Å². The first-order valence-electron chi connectivity index (χ1n) is 11.3. The van der Waals surface area contributed by atoms with E-state index in [1.54, 1.807) is 24.3 Å². The topological polar surface area (TPSA) is 108 Å². The molecule has 0 radical (unpaired) electrons. The highest BCUT2D eigenvalue weighted by Crippen LogP contribution is 2.27. The molecule has 3 rings (SSSR count). The Morgan fingerprint density at radius 2 is 1.74 bits per heavy atom. The lowest BCUT2D eigenvalue weighted by Crippen LogP contribution is -2.26. The van der Waals surface area contributed by atoms with Crippen LogP contribution in [0.1, 0.15) is 19.3 Å². The molecule has 186 valence electrons. The molecule has 0 bridgehead atoms. The number of fused-ring (bicyclic) bond motifs is 2. The van der Waals surface area contributed by atoms with Gasteiger partial charge in [-0.2, -0.15) is 0 Å². The number of unbranched alkanes of at least 4 members (excludes halogenated alkanes) is 2. The van der Waals surface area contributed by atoms with Crippen LogP contribution >= 0.6 is 11.3 Å². The maximum atomic E-state index is 12.8. The van der Waals surface area contributed by atoms with Crippen LogP contribution in [0.2, 0.25) is 0 Å². The van der Waals surface area contributed by atoms with Gasteiger partial charge in [0, 0.05) is 32.9 Å². The van der Waals surface area contributed by atoms with E-state index in [9.17, 15) is 19.5 Å². The van der Waals surface area contributed by atoms with E-state index in [2.05, 4.69) is 6.58 Å². The summed E-state index contributed by atoms with van der Waals surface area (Å²) >= 11 is 1.52. The number of hydrogen-bond acceptors (Lipinski definition) is 9. The number of aliphatic hydroxyl groups is 1. The lowest BCUT2D eigenvalue weighted by Gasteiger charge is -2.12. The van der Waals surface area contributed by atoms with Gasteiger partial charge in [0.2, 0.25) is 0 Å². The fourth-order valence-electron chi connectivity index (χ4n) is 3.23. The lowest BCUT2D eigenvalue weighted by atomic mass is 10.2. The van der Waals surface area contributed by atoms with E-state index in [0.717, 1.165) is 28.3 Å². The van der Waals surface area contributed by atoms with Crippen molar-refractivity contribution >= 4 is 43.4 Å². The van der Waals surface area contributed by atoms with Crippen molar-refractivity contribution in [3.8, 4) is 5.75 Å². The molecule has 1 unspecified atom stereocenters. The van der Waals surface area contributed by atoms with E-state index in [1.165, 1.54) is 11.3 Å². The van der Waals surface area contributed by atoms with E-state index < -0.39 is 18.0 Å². The van der Waals surface area contributed by atoms with Crippen LogP contribution in [-0.4, -0.2) is 56.2 Å². The number of hydrogen-bond donors (Lipinski definition) is 1. The summed E-state index contributed by atoms with van der Waals surface area (Å²) in [6.07, 6.45) is 2.45. The monoisotopic (exact) mass is 500 g/mol. The minimum atomic E-state index is -0.953. The average molecular weight is 501 g/mol. The molecule has 1 aromatic heterocycles. The summed E-state index contributed by atoms with van der Waals surface area (Å²) < 4.78 is 22.5. The van der Waals surface area contributed by atoms with Crippen LogP contribution in [-0.2, 0) is 23.8 Å². The predicted molar refractivity (Wildman–Crippen MR) is 134 cm³/mol. The zero-order valence-corrected chi connectivity index (χ0v) is 20.1. The van der Waals surface area contributed by atoms with Crippen LogP contribution in [0.25, 0.3) is 20.2 Å². The Hall–Kier alpha value is -3.27. The number of rotatable bonds is 14. The van der Waals surface area contributed by atoms with E-state index >= 15 is 0 Å². The Kier molecular flexibility index (Phi) is 10.2. The minimum absolute atomic E-state index is 0.0334. The molecule has 0 spiro atoms. The molecule has 9 heteroatoms. The van der Waals surface area contributed by atoms with Crippen molar-refractivity contribution in [1.82, 2.24) is 0 Å². The summed E-state index contributed by atoms with van der Waals surface area (Å²) in [6, 6.07) is 12.5. The number of carbonyl (C=O) groups excluding carboxylic acids is 2. The standard InChI is InChI=1S/C26H28O8S/c1-2-24(28)32-13-7-3-6-12-31-15-18(27)16-34-25(29)17-33-19-10-11-23-21(14-19)26(30)20-8-4-5-9-22(20)35-23/h2,4-5,8-11,14,18,27H,1,3,6-7,12-13,15-17H2. The summed E-state index contributed by atoms with van der Waals surface area (Å²) in [5, 5.41) is 11.1. The van der Waals surface area contributed by atoms with Gasteiger partial charge in [-0.1, -0.05) is 18.7 Å². The maximum absolute atomic E-state index is 12.8. The van der Waals surface area contributed by atoms with E-state index in [-0.39, 0.29) is 25.2 Å². The second kappa shape index (κ2) is 13.6. The van der Waals surface area contributed by atoms with Gasteiger partial charge in [0.05, 0.1) is 13.2 Å². The van der Waals surface area contributed by atoms with Crippen LogP contribution in [0, 0.1) is 0 Å². The molecule has 0 aliphatic heterocycles. The van der Waals surface area contributed by atoms with Crippen molar-refractivity contribution in [2.45, 2.75) is 25.4 Å². The van der Waals surface area contributed by atoms with E-state index in [4.69, 9.17) is 18.9 Å². The van der Waals surface area contributed by atoms with Gasteiger partial charge in [0.15, 0.2) is 12.0 Å². The fraction of sp³-hybridized carbons (Fsp3) is 0.346. The Labute approximate surface area is 206 Å². The molecule has 1 atom stereocenters. The molecular formula is C26H28O8S. The van der Waals surface area contributed by atoms with Gasteiger partial charge in [-0.05, 0) is 49.6 Å². The highest BCUT2D eigenvalue weighted by Gasteiger charge is 2.11. The Morgan fingerprint density at radius 3 is 2.57 bits per heavy atom. The fourth-order valence-corrected chi connectivity index (χ4v) is 4.28. The number of carbonyl (C=O) groups is 2. The molecule has 0 fully saturated rings. The summed E-state index contributed by atoms with van der Waals surface area (Å²) in [4.78, 5) is 35.6. The van der Waals surface area contributed by atoms with E-state index in [1.807, 2.05) is 18.2 Å². The van der Waals surface area contributed by atoms with Crippen molar-refractivity contribution in [1.29, 1.82) is 0 Å². The third-order valence-corrected chi connectivity index (χ3v) is 6.15. The summed E-state index contributed by atoms with van der Waals surface area (Å²) in [5.74, 6) is -0.688. The van der Waals surface area contributed by atoms with Crippen LogP contribution in [0.15, 0.2) is 59.9 Å². The first kappa shape index (κ1) is 26.3. The zero-order valence-electron chi connectivity index (χ0n) is 19.3. The minimum Gasteiger partial charge on any atom is -0.482 e. The number of benzene rings is 2. The van der Waals surface area contributed by atoms with Gasteiger partial charge in [0.1, 0.15) is 18.5 Å². The first-order valence-corrected chi connectivity index (χ1v) is 12.1. The van der Waals surface area contributed by atoms with Crippen LogP contribution in [0.4, 0.5) is 0 Å². The summed E-state index contributed by atoms with van der Waals surface area (Å²) in [7, 11) is 0. The molecule has 0 saturated carbocycles. The number of aliphatic hydroxyl groups excluding tert-OH is 1. The highest BCUT2D eigenvalue weighted by atomic mass is 32.1. The van der Waals surface area contributed by atoms with Crippen LogP contribution in [0.5, 0.6) is 5.75 Å². The molecular weight excluding hydrogens is 472 g/mol. The molecule has 1 heterocycles. The second-order valence-electron chi connectivity index (χ2n) is 7.72. The third-order valence-electron chi connectivity index (χ3n) is 4.99. The van der Waals surface area contributed by atoms with Crippen molar-refractivity contribution in [2.75, 3.05) is 33.0 Å². The Morgan fingerprint density at radius 1 is 0.971 bits per heavy atom. The smallest absolute Gasteiger partial charge is 0.344 e. The molecule has 0 aliphatic rings. The second-order valence-corrected chi connectivity index (χ2v) is 8.80. The molecule has 0 saturated heterocycles. The molecule has 0 aliphatic carbocycles. The lowest BCUT2D eigenvalue weighted by molar-refractivity contribution is -0.150. The van der Waals surface area contributed by atoms with Gasteiger partial charge in [-0.3, -0.25) is 4.79 Å². The normalized spacial score (nSPS) is 11.8. The van der Waals surface area contributed by atoms with Gasteiger partial charge in [-0.25, -0.2) is 9.59 Å². The number of esters is 2. The molecule has 0 amide bonds. The molecule has 2 aromatic carbocycles. The van der Waals surface area contributed by atoms with E-state index in [0.29, 0.717) is 36.2 Å². The van der Waals surface area contributed by atoms with Crippen molar-refractivity contribution < 1.29 is 33.6 Å². The average Bonchev–Trinajstić information content (AvgIpc) is 2.87. The molecule has 3 aromatic rings. The number of ether oxygens (including phenoxy) is 4. The summed E-state index contributed by atoms with van der Waals surface area (Å²) in [6.45, 7) is 3.56. The van der Waals surface area contributed by atoms with Crippen LogP contribution in [0.3, 0.4) is 0 Å². The molecule has 1 N–H and O–H groups in total. The summed E-state index contributed by atoms with van der Waals surface area (Å²) in [5.41, 5.74) is -0.0818. The third kappa shape index (κ3) is 8.17. The van der Waals surface area contributed by atoms with Crippen molar-refractivity contribution in [2.24, 2.45) is 0 Å². The van der Waals surface area contributed by atoms with Crippen molar-refractivity contribution in [3.63, 3.8) is 0 Å². The predicted octanol–water partition coefficient (Wildman–Crippen LogP) is 3.61. The van der Waals surface area contributed by atoms with Gasteiger partial charge in [0.25, 0.3) is 0 Å². The largest absolute Gasteiger partial charge is 0.482 e. The highest BCUT2D eigenvalue weighted by molar-refractivity contribution is 7.24. The quantitative estimate of drug-likeness (QED) is 0.155. The van der Waals surface area contributed by atoms with Crippen molar-refractivity contribution in [3.05, 3.63) is 65.3 Å². The van der Waals surface area contributed by atoms with Crippen LogP contribution < -0.4 is 10.2 Å². The Balaban J connectivity index is 1.34. The Bertz CT molecular complexity index is 1220. The molecule has 35 heavy (non-hydrogen) atoms. The maximum Gasteiger partial charge on any atom is 0.344 e. The zero-order chi connectivity index (χ0) is 25.0. The molecule has 8 nitrogen and oxygen atoms in total. The van der Waals surface area contributed by atoms with Gasteiger partial charge >= 0.3 is 11.9 Å². The first-order chi connectivity index (χ1) is 17.0.